The molecule has 2 N–H and O–H groups in total. The van der Waals surface area contributed by atoms with Crippen molar-refractivity contribution in [3.8, 4) is 0 Å². The number of rotatable bonds is 8. The summed E-state index contributed by atoms with van der Waals surface area (Å²) >= 11 is 0. The van der Waals surface area contributed by atoms with E-state index in [0.29, 0.717) is 19.6 Å². The second-order valence-corrected chi connectivity index (χ2v) is 3.53. The molecule has 0 bridgehead atoms. The summed E-state index contributed by atoms with van der Waals surface area (Å²) in [6, 6.07) is 3.38. The molecule has 0 aliphatic heterocycles. The molecule has 0 aliphatic rings. The van der Waals surface area contributed by atoms with Crippen LogP contribution in [-0.2, 0) is 4.74 Å². The van der Waals surface area contributed by atoms with Crippen LogP contribution < -0.4 is 5.32 Å². The Balaban J connectivity index is 2.44. The van der Waals surface area contributed by atoms with Gasteiger partial charge in [-0.25, -0.2) is 4.39 Å². The summed E-state index contributed by atoms with van der Waals surface area (Å²) in [5.41, 5.74) is -0.00478. The summed E-state index contributed by atoms with van der Waals surface area (Å²) in [5, 5.41) is 22.0. The topological polar surface area (TPSA) is 84.6 Å². The van der Waals surface area contributed by atoms with Crippen LogP contribution in [0.3, 0.4) is 0 Å². The van der Waals surface area contributed by atoms with Crippen molar-refractivity contribution < 1.29 is 19.2 Å². The van der Waals surface area contributed by atoms with Gasteiger partial charge in [0.25, 0.3) is 5.69 Å². The third-order valence-electron chi connectivity index (χ3n) is 2.17. The van der Waals surface area contributed by atoms with E-state index in [-0.39, 0.29) is 24.6 Å². The highest BCUT2D eigenvalue weighted by Crippen LogP contribution is 2.24. The lowest BCUT2D eigenvalue weighted by Crippen LogP contribution is -2.08. The highest BCUT2D eigenvalue weighted by molar-refractivity contribution is 5.61. The van der Waals surface area contributed by atoms with Crippen LogP contribution in [0.5, 0.6) is 0 Å². The van der Waals surface area contributed by atoms with Crippen molar-refractivity contribution >= 4 is 11.4 Å². The number of hydrogen-bond donors (Lipinski definition) is 2. The normalized spacial score (nSPS) is 10.3. The van der Waals surface area contributed by atoms with Gasteiger partial charge in [-0.05, 0) is 18.6 Å². The number of aliphatic hydroxyl groups is 1. The van der Waals surface area contributed by atoms with Crippen molar-refractivity contribution in [1.82, 2.24) is 0 Å². The van der Waals surface area contributed by atoms with E-state index in [1.807, 2.05) is 0 Å². The van der Waals surface area contributed by atoms with Crippen LogP contribution in [0, 0.1) is 15.9 Å². The van der Waals surface area contributed by atoms with E-state index in [4.69, 9.17) is 9.84 Å². The summed E-state index contributed by atoms with van der Waals surface area (Å²) in [7, 11) is 0. The molecule has 0 unspecified atom stereocenters. The number of nitro groups is 1. The molecule has 100 valence electrons. The van der Waals surface area contributed by atoms with Crippen molar-refractivity contribution in [2.45, 2.75) is 6.42 Å². The lowest BCUT2D eigenvalue weighted by molar-refractivity contribution is -0.384. The molecule has 0 atom stereocenters. The Kier molecular flexibility index (Phi) is 6.03. The monoisotopic (exact) mass is 258 g/mol. The fourth-order valence-electron chi connectivity index (χ4n) is 1.37. The van der Waals surface area contributed by atoms with Gasteiger partial charge in [-0.2, -0.15) is 0 Å². The zero-order chi connectivity index (χ0) is 13.4. The largest absolute Gasteiger partial charge is 0.394 e. The fourth-order valence-corrected chi connectivity index (χ4v) is 1.37. The predicted molar refractivity (Wildman–Crippen MR) is 64.1 cm³/mol. The molecule has 0 fully saturated rings. The van der Waals surface area contributed by atoms with E-state index in [2.05, 4.69) is 5.32 Å². The number of nitrogens with one attached hydrogen (secondary N) is 1. The number of nitrogens with zero attached hydrogens (tertiary/aromatic N) is 1. The zero-order valence-electron chi connectivity index (χ0n) is 9.76. The molecular formula is C11H15FN2O4. The first-order valence-corrected chi connectivity index (χ1v) is 5.51. The highest BCUT2D eigenvalue weighted by Gasteiger charge is 2.13. The number of hydrogen-bond acceptors (Lipinski definition) is 5. The lowest BCUT2D eigenvalue weighted by atomic mass is 10.2. The van der Waals surface area contributed by atoms with Gasteiger partial charge in [0.1, 0.15) is 11.5 Å². The summed E-state index contributed by atoms with van der Waals surface area (Å²) in [4.78, 5) is 10.1. The quantitative estimate of drug-likeness (QED) is 0.420. The van der Waals surface area contributed by atoms with E-state index in [0.717, 1.165) is 12.1 Å². The predicted octanol–water partition coefficient (Wildman–Crippen LogP) is 1.54. The van der Waals surface area contributed by atoms with Gasteiger partial charge in [-0.3, -0.25) is 10.1 Å². The zero-order valence-corrected chi connectivity index (χ0v) is 9.76. The highest BCUT2D eigenvalue weighted by atomic mass is 19.1. The van der Waals surface area contributed by atoms with Crippen LogP contribution in [0.1, 0.15) is 6.42 Å². The van der Waals surface area contributed by atoms with Gasteiger partial charge in [-0.15, -0.1) is 0 Å². The Labute approximate surface area is 104 Å². The molecule has 0 saturated heterocycles. The second-order valence-electron chi connectivity index (χ2n) is 3.53. The van der Waals surface area contributed by atoms with Crippen molar-refractivity contribution in [2.24, 2.45) is 0 Å². The van der Waals surface area contributed by atoms with Crippen molar-refractivity contribution in [2.75, 3.05) is 31.7 Å². The van der Waals surface area contributed by atoms with Gasteiger partial charge in [0, 0.05) is 13.2 Å². The molecule has 0 radical (unpaired) electrons. The van der Waals surface area contributed by atoms with E-state index < -0.39 is 10.7 Å². The fraction of sp³-hybridized carbons (Fsp3) is 0.455. The minimum Gasteiger partial charge on any atom is -0.394 e. The number of benzene rings is 1. The van der Waals surface area contributed by atoms with Crippen LogP contribution in [0.2, 0.25) is 0 Å². The average Bonchev–Trinajstić information content (AvgIpc) is 2.35. The first kappa shape index (κ1) is 14.3. The first-order chi connectivity index (χ1) is 8.65. The van der Waals surface area contributed by atoms with Crippen LogP contribution in [0.4, 0.5) is 15.8 Å². The first-order valence-electron chi connectivity index (χ1n) is 5.51. The summed E-state index contributed by atoms with van der Waals surface area (Å²) in [5.74, 6) is -0.640. The molecule has 6 nitrogen and oxygen atoms in total. The molecule has 0 saturated carbocycles. The maximum Gasteiger partial charge on any atom is 0.295 e. The Morgan fingerprint density at radius 3 is 2.89 bits per heavy atom. The smallest absolute Gasteiger partial charge is 0.295 e. The van der Waals surface area contributed by atoms with Gasteiger partial charge >= 0.3 is 0 Å². The maximum absolute atomic E-state index is 12.9. The van der Waals surface area contributed by atoms with E-state index in [9.17, 15) is 14.5 Å². The van der Waals surface area contributed by atoms with Gasteiger partial charge in [-0.1, -0.05) is 0 Å². The molecule has 0 heterocycles. The van der Waals surface area contributed by atoms with Crippen molar-refractivity contribution in [3.05, 3.63) is 34.1 Å². The van der Waals surface area contributed by atoms with Crippen LogP contribution in [0.25, 0.3) is 0 Å². The van der Waals surface area contributed by atoms with Crippen molar-refractivity contribution in [3.63, 3.8) is 0 Å². The molecule has 1 rings (SSSR count). The Morgan fingerprint density at radius 2 is 2.22 bits per heavy atom. The van der Waals surface area contributed by atoms with Crippen molar-refractivity contribution in [1.29, 1.82) is 0 Å². The molecule has 1 aromatic rings. The molecule has 1 aromatic carbocycles. The van der Waals surface area contributed by atoms with Crippen LogP contribution in [0.15, 0.2) is 18.2 Å². The van der Waals surface area contributed by atoms with E-state index >= 15 is 0 Å². The Bertz CT molecular complexity index is 401. The third kappa shape index (κ3) is 4.64. The van der Waals surface area contributed by atoms with Crippen LogP contribution in [-0.4, -0.2) is 36.4 Å². The molecular weight excluding hydrogens is 243 g/mol. The molecule has 0 aromatic heterocycles. The Hall–Kier alpha value is -1.73. The van der Waals surface area contributed by atoms with Crippen LogP contribution >= 0.6 is 0 Å². The number of ether oxygens (including phenoxy) is 1. The van der Waals surface area contributed by atoms with Gasteiger partial charge in [0.15, 0.2) is 0 Å². The third-order valence-corrected chi connectivity index (χ3v) is 2.17. The van der Waals surface area contributed by atoms with Gasteiger partial charge < -0.3 is 15.2 Å². The minimum absolute atomic E-state index is 0.0309. The summed E-state index contributed by atoms with van der Waals surface area (Å²) in [6.45, 7) is 1.16. The number of halogens is 1. The standard InChI is InChI=1S/C11H15FN2O4/c12-9-2-3-10(11(8-9)14(16)17)13-4-1-6-18-7-5-15/h2-3,8,13,15H,1,4-7H2. The average molecular weight is 258 g/mol. The number of anilines is 1. The van der Waals surface area contributed by atoms with Gasteiger partial charge in [0.05, 0.1) is 24.2 Å². The molecule has 0 spiro atoms. The lowest BCUT2D eigenvalue weighted by Gasteiger charge is -2.07. The Morgan fingerprint density at radius 1 is 1.44 bits per heavy atom. The minimum atomic E-state index is -0.640. The molecule has 0 amide bonds. The molecule has 0 aliphatic carbocycles. The summed E-state index contributed by atoms with van der Waals surface area (Å²) in [6.07, 6.45) is 0.633. The summed E-state index contributed by atoms with van der Waals surface area (Å²) < 4.78 is 17.9. The second kappa shape index (κ2) is 7.57. The maximum atomic E-state index is 12.9. The SMILES string of the molecule is O=[N+]([O-])c1cc(F)ccc1NCCCOCCO. The van der Waals surface area contributed by atoms with E-state index in [1.165, 1.54) is 6.07 Å². The van der Waals surface area contributed by atoms with Gasteiger partial charge in [0.2, 0.25) is 0 Å². The number of aliphatic hydroxyl groups excluding tert-OH is 1. The molecule has 18 heavy (non-hydrogen) atoms. The number of nitro benzene ring substituents is 1. The molecule has 7 heteroatoms. The van der Waals surface area contributed by atoms with E-state index in [1.54, 1.807) is 0 Å².